The average Bonchev–Trinajstić information content (AvgIpc) is 3.67. The molecule has 5 aromatic carbocycles. The second kappa shape index (κ2) is 17.8. The van der Waals surface area contributed by atoms with Crippen molar-refractivity contribution in [2.75, 3.05) is 25.1 Å². The summed E-state index contributed by atoms with van der Waals surface area (Å²) < 4.78 is 77.7. The average molecular weight is 989 g/mol. The van der Waals surface area contributed by atoms with E-state index in [1.54, 1.807) is 36.4 Å². The van der Waals surface area contributed by atoms with Crippen molar-refractivity contribution in [1.82, 2.24) is 0 Å². The van der Waals surface area contributed by atoms with Gasteiger partial charge in [0.1, 0.15) is 16.7 Å². The number of aromatic carboxylic acids is 1. The van der Waals surface area contributed by atoms with Crippen LogP contribution in [0, 0.1) is 11.3 Å². The van der Waals surface area contributed by atoms with Crippen LogP contribution in [0.25, 0.3) is 21.5 Å². The normalized spacial score (nSPS) is 19.3. The highest BCUT2D eigenvalue weighted by molar-refractivity contribution is 8.03. The Hall–Kier alpha value is -5.84. The molecule has 12 nitrogen and oxygen atoms in total. The van der Waals surface area contributed by atoms with Crippen molar-refractivity contribution in [3.8, 4) is 0 Å². The zero-order chi connectivity index (χ0) is 50.2. The summed E-state index contributed by atoms with van der Waals surface area (Å²) in [6, 6.07) is 23.6. The first kappa shape index (κ1) is 49.6. The van der Waals surface area contributed by atoms with Crippen LogP contribution < -0.4 is 4.90 Å². The van der Waals surface area contributed by atoms with Crippen LogP contribution in [0.3, 0.4) is 0 Å². The Morgan fingerprint density at radius 3 is 2.06 bits per heavy atom. The van der Waals surface area contributed by atoms with Crippen LogP contribution in [0.1, 0.15) is 89.7 Å². The maximum Gasteiger partial charge on any atom is 0.335 e. The molecule has 0 spiro atoms. The van der Waals surface area contributed by atoms with Crippen molar-refractivity contribution in [2.24, 2.45) is 11.3 Å². The second-order valence-electron chi connectivity index (χ2n) is 19.4. The number of nitrogens with zero attached hydrogens (tertiary/aromatic N) is 2. The molecular formula is C54H56N2O10S3. The van der Waals surface area contributed by atoms with Crippen molar-refractivity contribution in [3.63, 3.8) is 0 Å². The van der Waals surface area contributed by atoms with E-state index in [2.05, 4.69) is 75.3 Å². The second-order valence-corrected chi connectivity index (χ2v) is 23.3. The van der Waals surface area contributed by atoms with Gasteiger partial charge in [0.05, 0.1) is 33.3 Å². The number of hydrogen-bond acceptors (Lipinski definition) is 10. The first-order valence-corrected chi connectivity index (χ1v) is 26.4. The molecule has 1 aliphatic carbocycles. The quantitative estimate of drug-likeness (QED) is 0.0687. The Kier molecular flexibility index (Phi) is 12.8. The van der Waals surface area contributed by atoms with E-state index in [-0.39, 0.29) is 27.2 Å². The van der Waals surface area contributed by atoms with E-state index in [4.69, 9.17) is 4.74 Å². The highest BCUT2D eigenvalue weighted by Gasteiger charge is 2.46. The highest BCUT2D eigenvalue weighted by atomic mass is 32.2. The number of carboxylic acids is 1. The minimum Gasteiger partial charge on any atom is -0.744 e. The zero-order valence-corrected chi connectivity index (χ0v) is 42.5. The molecule has 0 saturated heterocycles. The number of carboxylic acid groups (broad SMARTS) is 1. The molecule has 0 aromatic heterocycles. The summed E-state index contributed by atoms with van der Waals surface area (Å²) in [7, 11) is -7.68. The fraction of sp³-hybridized carbons (Fsp3) is 0.315. The van der Waals surface area contributed by atoms with Gasteiger partial charge in [0.25, 0.3) is 10.1 Å². The number of esters is 1. The van der Waals surface area contributed by atoms with Crippen LogP contribution in [0.5, 0.6) is 0 Å². The molecule has 0 bridgehead atoms. The lowest BCUT2D eigenvalue weighted by Crippen LogP contribution is -2.36. The van der Waals surface area contributed by atoms with E-state index in [0.717, 1.165) is 65.6 Å². The van der Waals surface area contributed by atoms with E-state index >= 15 is 0 Å². The number of methoxy groups -OCH3 is 1. The van der Waals surface area contributed by atoms with Crippen LogP contribution in [-0.2, 0) is 40.6 Å². The van der Waals surface area contributed by atoms with Gasteiger partial charge in [-0.15, -0.1) is 0 Å². The van der Waals surface area contributed by atoms with E-state index < -0.39 is 42.5 Å². The maximum atomic E-state index is 13.6. The number of likely N-dealkylation sites (N-methyl/N-ethyl adjacent to an activating group) is 1. The monoisotopic (exact) mass is 988 g/mol. The van der Waals surface area contributed by atoms with Gasteiger partial charge in [0.2, 0.25) is 5.69 Å². The molecule has 2 heterocycles. The number of rotatable bonds is 12. The van der Waals surface area contributed by atoms with Gasteiger partial charge in [-0.3, -0.25) is 9.35 Å². The van der Waals surface area contributed by atoms with Gasteiger partial charge < -0.3 is 19.3 Å². The largest absolute Gasteiger partial charge is 0.744 e. The minimum absolute atomic E-state index is 0.166. The fourth-order valence-electron chi connectivity index (χ4n) is 10.6. The number of anilines is 1. The molecule has 360 valence electrons. The van der Waals surface area contributed by atoms with E-state index in [1.165, 1.54) is 43.1 Å². The fourth-order valence-corrected chi connectivity index (χ4v) is 12.7. The van der Waals surface area contributed by atoms with Crippen molar-refractivity contribution in [1.29, 1.82) is 0 Å². The van der Waals surface area contributed by atoms with Crippen molar-refractivity contribution >= 4 is 82.6 Å². The van der Waals surface area contributed by atoms with Crippen LogP contribution in [-0.4, -0.2) is 73.5 Å². The Bertz CT molecular complexity index is 3400. The smallest absolute Gasteiger partial charge is 0.335 e. The molecule has 2 aliphatic heterocycles. The third-order valence-corrected chi connectivity index (χ3v) is 17.2. The Morgan fingerprint density at radius 1 is 0.841 bits per heavy atom. The van der Waals surface area contributed by atoms with Crippen molar-refractivity contribution in [3.05, 3.63) is 148 Å². The maximum absolute atomic E-state index is 13.6. The number of carbonyl (C=O) groups is 2. The van der Waals surface area contributed by atoms with E-state index in [0.29, 0.717) is 36.7 Å². The molecule has 8 rings (SSSR count). The lowest BCUT2D eigenvalue weighted by molar-refractivity contribution is -0.433. The van der Waals surface area contributed by atoms with Crippen LogP contribution in [0.15, 0.2) is 146 Å². The number of benzene rings is 5. The molecular weight excluding hydrogens is 933 g/mol. The summed E-state index contributed by atoms with van der Waals surface area (Å²) in [5.41, 5.74) is 6.05. The lowest BCUT2D eigenvalue weighted by Gasteiger charge is -2.37. The molecule has 1 atom stereocenters. The first-order chi connectivity index (χ1) is 32.3. The molecule has 0 amide bonds. The Balaban J connectivity index is 1.31. The zero-order valence-electron chi connectivity index (χ0n) is 40.1. The summed E-state index contributed by atoms with van der Waals surface area (Å²) in [6.45, 7) is 17.8. The van der Waals surface area contributed by atoms with Crippen molar-refractivity contribution < 1.29 is 49.9 Å². The minimum atomic E-state index is -4.66. The molecule has 1 unspecified atom stereocenters. The highest BCUT2D eigenvalue weighted by Crippen LogP contribution is 2.53. The third-order valence-electron chi connectivity index (χ3n) is 14.3. The summed E-state index contributed by atoms with van der Waals surface area (Å²) in [5.74, 6) is -1.57. The number of carbonyl (C=O) groups excluding carboxylic acids is 1. The summed E-state index contributed by atoms with van der Waals surface area (Å²) in [5, 5.41) is 12.8. The van der Waals surface area contributed by atoms with Gasteiger partial charge >= 0.3 is 11.9 Å². The number of hydrogen-bond donors (Lipinski definition) is 2. The number of fused-ring (bicyclic) bond motifs is 6. The first-order valence-electron chi connectivity index (χ1n) is 22.8. The summed E-state index contributed by atoms with van der Waals surface area (Å²) >= 11 is 1.53. The van der Waals surface area contributed by atoms with Gasteiger partial charge in [-0.25, -0.2) is 13.2 Å². The number of allylic oxidation sites excluding steroid dienone is 7. The van der Waals surface area contributed by atoms with Gasteiger partial charge in [-0.2, -0.15) is 13.0 Å². The van der Waals surface area contributed by atoms with Gasteiger partial charge in [-0.1, -0.05) is 56.0 Å². The number of ether oxygens (including phenoxy) is 1. The molecule has 3 aliphatic rings. The predicted octanol–water partition coefficient (Wildman–Crippen LogP) is 11.1. The molecule has 2 N–H and O–H groups in total. The van der Waals surface area contributed by atoms with Crippen LogP contribution in [0.4, 0.5) is 11.4 Å². The lowest BCUT2D eigenvalue weighted by atomic mass is 9.69. The summed E-state index contributed by atoms with van der Waals surface area (Å²) in [4.78, 5) is 29.1. The molecule has 5 aromatic rings. The molecule has 0 saturated carbocycles. The number of thioether (sulfide) groups is 1. The third kappa shape index (κ3) is 8.77. The molecule has 0 fully saturated rings. The molecule has 15 heteroatoms. The van der Waals surface area contributed by atoms with Gasteiger partial charge in [-0.05, 0) is 165 Å². The van der Waals surface area contributed by atoms with E-state index in [1.807, 2.05) is 38.1 Å². The predicted molar refractivity (Wildman–Crippen MR) is 270 cm³/mol. The topological polar surface area (TPSA) is 181 Å². The van der Waals surface area contributed by atoms with Crippen LogP contribution >= 0.6 is 11.8 Å². The molecule has 69 heavy (non-hydrogen) atoms. The van der Waals surface area contributed by atoms with Gasteiger partial charge in [0, 0.05) is 50.9 Å². The van der Waals surface area contributed by atoms with Crippen molar-refractivity contribution in [2.45, 2.75) is 93.7 Å². The van der Waals surface area contributed by atoms with E-state index in [9.17, 15) is 40.6 Å². The standard InChI is InChI=1S/C54H56N2O10S3/c1-10-55-43-24-14-33-30-39(68(60,61)62)20-22-41(33)47(43)53(5,6)45(55)26-16-35-28-37(52(3,4)51(59)66-9)29-36(49(35)67-38-18-12-32(13-19-38)50(57)58)17-27-46-54(7,8)48-42-23-21-40(69(63,64)65)31-34(42)15-25-44(48)56(46)11-2/h12-27,30-31,37H,10-11,28-29H2,1-9H3,(H2-,57,58,60,61,62,63,64,65). The van der Waals surface area contributed by atoms with Gasteiger partial charge in [0.15, 0.2) is 5.71 Å². The SMILES string of the molecule is CCN1C(=CC=C2CC(C(C)(C)C(=O)OC)CC(C=CC3=[N+](CC)c4ccc5cc(S(=O)(=O)[O-])ccc5c4C3(C)C)=C2Sc2ccc(C(=O)O)cc2)C(C)(C)c2c1ccc1cc(S(=O)(=O)O)ccc21. The molecule has 0 radical (unpaired) electrons. The Morgan fingerprint density at radius 2 is 1.46 bits per heavy atom. The Labute approximate surface area is 408 Å². The van der Waals surface area contributed by atoms with Crippen LogP contribution in [0.2, 0.25) is 0 Å². The summed E-state index contributed by atoms with van der Waals surface area (Å²) in [6.07, 6.45) is 9.56.